The van der Waals surface area contributed by atoms with Gasteiger partial charge in [-0.2, -0.15) is 5.26 Å². The molecule has 0 aromatic heterocycles. The number of aliphatic hydroxyl groups is 1. The third-order valence-electron chi connectivity index (χ3n) is 2.12. The van der Waals surface area contributed by atoms with Gasteiger partial charge in [-0.3, -0.25) is 4.79 Å². The molecule has 0 aromatic carbocycles. The normalized spacial score (nSPS) is 20.8. The summed E-state index contributed by atoms with van der Waals surface area (Å²) in [5, 5.41) is 17.6. The predicted octanol–water partition coefficient (Wildman–Crippen LogP) is 0.214. The Balaban J connectivity index is 2.61. The van der Waals surface area contributed by atoms with Crippen molar-refractivity contribution in [1.82, 2.24) is 0 Å². The van der Waals surface area contributed by atoms with E-state index in [1.807, 2.05) is 0 Å². The molecule has 0 radical (unpaired) electrons. The fourth-order valence-electron chi connectivity index (χ4n) is 1.12. The van der Waals surface area contributed by atoms with Gasteiger partial charge in [0, 0.05) is 0 Å². The van der Waals surface area contributed by atoms with Crippen molar-refractivity contribution in [3.8, 4) is 6.07 Å². The topological polar surface area (TPSA) is 70.3 Å². The number of nitrogens with zero attached hydrogens (tertiary/aromatic N) is 1. The fraction of sp³-hybridized carbons (Fsp3) is 0.750. The van der Waals surface area contributed by atoms with Crippen LogP contribution in [0.25, 0.3) is 0 Å². The molecule has 12 heavy (non-hydrogen) atoms. The van der Waals surface area contributed by atoms with Gasteiger partial charge in [-0.1, -0.05) is 0 Å². The molecule has 0 heterocycles. The highest BCUT2D eigenvalue weighted by Gasteiger charge is 2.57. The number of aliphatic hydroxyl groups excluding tert-OH is 1. The molecule has 0 aliphatic heterocycles. The van der Waals surface area contributed by atoms with Crippen molar-refractivity contribution in [3.05, 3.63) is 0 Å². The van der Waals surface area contributed by atoms with Gasteiger partial charge in [-0.05, 0) is 19.8 Å². The van der Waals surface area contributed by atoms with E-state index in [0.717, 1.165) is 0 Å². The van der Waals surface area contributed by atoms with Crippen LogP contribution in [0, 0.1) is 16.7 Å². The van der Waals surface area contributed by atoms with E-state index < -0.39 is 17.5 Å². The Morgan fingerprint density at radius 1 is 1.83 bits per heavy atom. The maximum absolute atomic E-state index is 11.2. The first-order chi connectivity index (χ1) is 5.67. The summed E-state index contributed by atoms with van der Waals surface area (Å²) in [6.45, 7) is 1.99. The zero-order valence-electron chi connectivity index (χ0n) is 6.91. The second kappa shape index (κ2) is 3.11. The Labute approximate surface area is 70.7 Å². The van der Waals surface area contributed by atoms with E-state index in [2.05, 4.69) is 0 Å². The molecule has 1 saturated carbocycles. The zero-order chi connectivity index (χ0) is 9.19. The lowest BCUT2D eigenvalue weighted by Gasteiger charge is -2.13. The number of nitriles is 1. The molecule has 1 N–H and O–H groups in total. The van der Waals surface area contributed by atoms with Gasteiger partial charge in [0.05, 0.1) is 12.7 Å². The highest BCUT2D eigenvalue weighted by molar-refractivity contribution is 5.81. The lowest BCUT2D eigenvalue weighted by molar-refractivity contribution is -0.152. The number of rotatable bonds is 3. The first kappa shape index (κ1) is 9.01. The maximum Gasteiger partial charge on any atom is 0.315 e. The smallest absolute Gasteiger partial charge is 0.315 e. The second-order valence-corrected chi connectivity index (χ2v) is 2.91. The molecule has 1 rings (SSSR count). The summed E-state index contributed by atoms with van der Waals surface area (Å²) in [6.07, 6.45) is -0.0993. The first-order valence-corrected chi connectivity index (χ1v) is 3.92. The number of hydrogen-bond acceptors (Lipinski definition) is 4. The van der Waals surface area contributed by atoms with Crippen LogP contribution in [0.1, 0.15) is 19.8 Å². The molecule has 4 nitrogen and oxygen atoms in total. The number of carbonyl (C=O) groups is 1. The fourth-order valence-corrected chi connectivity index (χ4v) is 1.12. The van der Waals surface area contributed by atoms with E-state index in [1.165, 1.54) is 0 Å². The quantitative estimate of drug-likeness (QED) is 0.484. The van der Waals surface area contributed by atoms with E-state index in [0.29, 0.717) is 19.4 Å². The van der Waals surface area contributed by atoms with Gasteiger partial charge >= 0.3 is 5.97 Å². The third kappa shape index (κ3) is 1.28. The summed E-state index contributed by atoms with van der Waals surface area (Å²) in [4.78, 5) is 11.2. The minimum absolute atomic E-state index is 0.290. The molecule has 4 heteroatoms. The van der Waals surface area contributed by atoms with Gasteiger partial charge in [0.25, 0.3) is 0 Å². The standard InChI is InChI=1S/C8H11NO3/c1-2-12-7(11)8(3-4-8)6(10)5-9/h6,10H,2-4H2,1H3/t6-/m0/s1. The van der Waals surface area contributed by atoms with Crippen LogP contribution < -0.4 is 0 Å². The highest BCUT2D eigenvalue weighted by Crippen LogP contribution is 2.49. The van der Waals surface area contributed by atoms with Crippen LogP contribution in [0.15, 0.2) is 0 Å². The zero-order valence-corrected chi connectivity index (χ0v) is 6.91. The van der Waals surface area contributed by atoms with E-state index in [4.69, 9.17) is 10.00 Å². The number of esters is 1. The van der Waals surface area contributed by atoms with Crippen LogP contribution >= 0.6 is 0 Å². The lowest BCUT2D eigenvalue weighted by atomic mass is 10.0. The van der Waals surface area contributed by atoms with E-state index in [9.17, 15) is 9.90 Å². The Kier molecular flexibility index (Phi) is 2.34. The van der Waals surface area contributed by atoms with Gasteiger partial charge in [-0.25, -0.2) is 0 Å². The van der Waals surface area contributed by atoms with Crippen molar-refractivity contribution < 1.29 is 14.6 Å². The van der Waals surface area contributed by atoms with Gasteiger partial charge in [0.1, 0.15) is 5.41 Å². The summed E-state index contributed by atoms with van der Waals surface area (Å²) in [6, 6.07) is 1.66. The van der Waals surface area contributed by atoms with Crippen LogP contribution in [-0.4, -0.2) is 23.8 Å². The van der Waals surface area contributed by atoms with Gasteiger partial charge < -0.3 is 9.84 Å². The van der Waals surface area contributed by atoms with Gasteiger partial charge in [-0.15, -0.1) is 0 Å². The summed E-state index contributed by atoms with van der Waals surface area (Å²) < 4.78 is 4.74. The molecule has 66 valence electrons. The van der Waals surface area contributed by atoms with E-state index in [-0.39, 0.29) is 0 Å². The lowest BCUT2D eigenvalue weighted by Crippen LogP contribution is -2.30. The van der Waals surface area contributed by atoms with E-state index in [1.54, 1.807) is 13.0 Å². The molecule has 0 saturated heterocycles. The summed E-state index contributed by atoms with van der Waals surface area (Å²) in [5.74, 6) is -0.445. The Hall–Kier alpha value is -1.08. The van der Waals surface area contributed by atoms with Crippen LogP contribution in [0.4, 0.5) is 0 Å². The maximum atomic E-state index is 11.2. The van der Waals surface area contributed by atoms with Crippen LogP contribution in [-0.2, 0) is 9.53 Å². The Morgan fingerprint density at radius 3 is 2.75 bits per heavy atom. The largest absolute Gasteiger partial charge is 0.465 e. The highest BCUT2D eigenvalue weighted by atomic mass is 16.5. The van der Waals surface area contributed by atoms with Crippen molar-refractivity contribution in [3.63, 3.8) is 0 Å². The van der Waals surface area contributed by atoms with Crippen LogP contribution in [0.5, 0.6) is 0 Å². The molecule has 1 atom stereocenters. The minimum atomic E-state index is -1.21. The second-order valence-electron chi connectivity index (χ2n) is 2.91. The molecule has 1 aliphatic rings. The minimum Gasteiger partial charge on any atom is -0.465 e. The molecule has 0 bridgehead atoms. The average Bonchev–Trinajstić information content (AvgIpc) is 2.84. The van der Waals surface area contributed by atoms with Crippen molar-refractivity contribution in [2.24, 2.45) is 5.41 Å². The summed E-state index contributed by atoms with van der Waals surface area (Å²) >= 11 is 0. The van der Waals surface area contributed by atoms with E-state index >= 15 is 0 Å². The molecule has 0 unspecified atom stereocenters. The number of hydrogen-bond donors (Lipinski definition) is 1. The summed E-state index contributed by atoms with van der Waals surface area (Å²) in [7, 11) is 0. The molecule has 1 fully saturated rings. The average molecular weight is 169 g/mol. The third-order valence-corrected chi connectivity index (χ3v) is 2.12. The van der Waals surface area contributed by atoms with Crippen molar-refractivity contribution in [1.29, 1.82) is 5.26 Å². The number of carbonyl (C=O) groups excluding carboxylic acids is 1. The van der Waals surface area contributed by atoms with Crippen molar-refractivity contribution >= 4 is 5.97 Å². The molecular weight excluding hydrogens is 158 g/mol. The van der Waals surface area contributed by atoms with Gasteiger partial charge in [0.2, 0.25) is 0 Å². The van der Waals surface area contributed by atoms with Gasteiger partial charge in [0.15, 0.2) is 6.10 Å². The number of ether oxygens (including phenoxy) is 1. The molecule has 0 amide bonds. The first-order valence-electron chi connectivity index (χ1n) is 3.92. The van der Waals surface area contributed by atoms with Crippen LogP contribution in [0.3, 0.4) is 0 Å². The monoisotopic (exact) mass is 169 g/mol. The van der Waals surface area contributed by atoms with Crippen LogP contribution in [0.2, 0.25) is 0 Å². The van der Waals surface area contributed by atoms with Crippen molar-refractivity contribution in [2.45, 2.75) is 25.9 Å². The molecule has 0 aromatic rings. The SMILES string of the molecule is CCOC(=O)C1([C@@H](O)C#N)CC1. The summed E-state index contributed by atoms with van der Waals surface area (Å²) in [5.41, 5.74) is -0.898. The Morgan fingerprint density at radius 2 is 2.42 bits per heavy atom. The molecule has 0 spiro atoms. The Bertz CT molecular complexity index is 227. The molecular formula is C8H11NO3. The van der Waals surface area contributed by atoms with Crippen molar-refractivity contribution in [2.75, 3.05) is 6.61 Å². The predicted molar refractivity (Wildman–Crippen MR) is 39.9 cm³/mol. The molecule has 1 aliphatic carbocycles.